The average molecular weight is 280 g/mol. The number of hydrogen-bond acceptors (Lipinski definition) is 4. The van der Waals surface area contributed by atoms with Crippen molar-refractivity contribution in [3.8, 4) is 0 Å². The van der Waals surface area contributed by atoms with Gasteiger partial charge in [0.25, 0.3) is 0 Å². The average Bonchev–Trinajstić information content (AvgIpc) is 2.97. The standard InChI is InChI=1S/C15H28N4O/c1-12(2)17-9-13-5-6-14(20-13)10-18(3)11-15-16-7-8-19(15)4/h7-8,12-14,17H,5-6,9-11H2,1-4H3. The van der Waals surface area contributed by atoms with Gasteiger partial charge in [0, 0.05) is 38.6 Å². The molecule has 1 aromatic heterocycles. The normalized spacial score (nSPS) is 23.1. The second-order valence-electron chi connectivity index (χ2n) is 6.17. The molecule has 0 bridgehead atoms. The van der Waals surface area contributed by atoms with Crippen molar-refractivity contribution in [2.45, 2.75) is 51.5 Å². The summed E-state index contributed by atoms with van der Waals surface area (Å²) in [5.74, 6) is 1.10. The van der Waals surface area contributed by atoms with Gasteiger partial charge in [-0.2, -0.15) is 0 Å². The van der Waals surface area contributed by atoms with Crippen molar-refractivity contribution in [3.05, 3.63) is 18.2 Å². The fourth-order valence-electron chi connectivity index (χ4n) is 2.63. The second kappa shape index (κ2) is 7.20. The van der Waals surface area contributed by atoms with E-state index in [-0.39, 0.29) is 0 Å². The van der Waals surface area contributed by atoms with Crippen molar-refractivity contribution in [2.24, 2.45) is 7.05 Å². The van der Waals surface area contributed by atoms with E-state index in [1.807, 2.05) is 19.4 Å². The number of hydrogen-bond donors (Lipinski definition) is 1. The number of rotatable bonds is 7. The van der Waals surface area contributed by atoms with Crippen LogP contribution in [0.25, 0.3) is 0 Å². The SMILES string of the molecule is CC(C)NCC1CCC(CN(C)Cc2nccn2C)O1. The first-order chi connectivity index (χ1) is 9.54. The van der Waals surface area contributed by atoms with Gasteiger partial charge in [-0.15, -0.1) is 0 Å². The zero-order chi connectivity index (χ0) is 14.5. The third-order valence-electron chi connectivity index (χ3n) is 3.80. The van der Waals surface area contributed by atoms with Gasteiger partial charge in [0.2, 0.25) is 0 Å². The lowest BCUT2D eigenvalue weighted by atomic mass is 10.2. The highest BCUT2D eigenvalue weighted by molar-refractivity contribution is 4.91. The molecule has 20 heavy (non-hydrogen) atoms. The Balaban J connectivity index is 1.70. The fraction of sp³-hybridized carbons (Fsp3) is 0.800. The third-order valence-corrected chi connectivity index (χ3v) is 3.80. The van der Waals surface area contributed by atoms with E-state index < -0.39 is 0 Å². The van der Waals surface area contributed by atoms with E-state index >= 15 is 0 Å². The van der Waals surface area contributed by atoms with Gasteiger partial charge >= 0.3 is 0 Å². The monoisotopic (exact) mass is 280 g/mol. The Bertz CT molecular complexity index is 404. The maximum Gasteiger partial charge on any atom is 0.122 e. The van der Waals surface area contributed by atoms with Crippen LogP contribution in [0.15, 0.2) is 12.4 Å². The van der Waals surface area contributed by atoms with Gasteiger partial charge in [0.15, 0.2) is 0 Å². The van der Waals surface area contributed by atoms with Gasteiger partial charge in [-0.25, -0.2) is 4.98 Å². The third kappa shape index (κ3) is 4.58. The molecule has 1 aromatic rings. The minimum absolute atomic E-state index is 0.360. The summed E-state index contributed by atoms with van der Waals surface area (Å²) in [5, 5.41) is 3.45. The lowest BCUT2D eigenvalue weighted by molar-refractivity contribution is 0.0254. The highest BCUT2D eigenvalue weighted by Gasteiger charge is 2.26. The number of likely N-dealkylation sites (N-methyl/N-ethyl adjacent to an activating group) is 1. The van der Waals surface area contributed by atoms with Crippen LogP contribution >= 0.6 is 0 Å². The van der Waals surface area contributed by atoms with Gasteiger partial charge in [0.05, 0.1) is 18.8 Å². The van der Waals surface area contributed by atoms with Crippen LogP contribution in [-0.4, -0.2) is 52.8 Å². The lowest BCUT2D eigenvalue weighted by Crippen LogP contribution is -2.34. The maximum atomic E-state index is 6.10. The summed E-state index contributed by atoms with van der Waals surface area (Å²) in [7, 11) is 4.17. The van der Waals surface area contributed by atoms with Crippen molar-refractivity contribution in [1.82, 2.24) is 19.8 Å². The number of imidazole rings is 1. The van der Waals surface area contributed by atoms with Gasteiger partial charge in [-0.05, 0) is 19.9 Å². The summed E-state index contributed by atoms with van der Waals surface area (Å²) in [6, 6.07) is 0.531. The Labute approximate surface area is 122 Å². The zero-order valence-electron chi connectivity index (χ0n) is 13.2. The van der Waals surface area contributed by atoms with Crippen LogP contribution < -0.4 is 5.32 Å². The molecular weight excluding hydrogens is 252 g/mol. The minimum atomic E-state index is 0.360. The molecule has 2 heterocycles. The first-order valence-electron chi connectivity index (χ1n) is 7.58. The molecule has 0 radical (unpaired) electrons. The predicted octanol–water partition coefficient (Wildman–Crippen LogP) is 1.40. The Hall–Kier alpha value is -0.910. The van der Waals surface area contributed by atoms with Crippen LogP contribution in [0.3, 0.4) is 0 Å². The summed E-state index contributed by atoms with van der Waals surface area (Å²) in [5.41, 5.74) is 0. The topological polar surface area (TPSA) is 42.3 Å². The molecule has 5 nitrogen and oxygen atoms in total. The predicted molar refractivity (Wildman–Crippen MR) is 80.6 cm³/mol. The Morgan fingerprint density at radius 2 is 2.20 bits per heavy atom. The van der Waals surface area contributed by atoms with E-state index in [0.717, 1.165) is 31.9 Å². The maximum absolute atomic E-state index is 6.10. The van der Waals surface area contributed by atoms with Crippen molar-refractivity contribution < 1.29 is 4.74 Å². The van der Waals surface area contributed by atoms with E-state index in [1.54, 1.807) is 0 Å². The molecule has 1 aliphatic heterocycles. The summed E-state index contributed by atoms with van der Waals surface area (Å²) in [4.78, 5) is 6.66. The molecule has 1 aliphatic rings. The van der Waals surface area contributed by atoms with Crippen molar-refractivity contribution in [1.29, 1.82) is 0 Å². The van der Waals surface area contributed by atoms with Crippen molar-refractivity contribution in [3.63, 3.8) is 0 Å². The molecule has 0 amide bonds. The van der Waals surface area contributed by atoms with Crippen molar-refractivity contribution in [2.75, 3.05) is 20.1 Å². The lowest BCUT2D eigenvalue weighted by Gasteiger charge is -2.21. The molecule has 2 atom stereocenters. The first-order valence-corrected chi connectivity index (χ1v) is 7.58. The Morgan fingerprint density at radius 1 is 1.45 bits per heavy atom. The molecule has 114 valence electrons. The molecule has 0 spiro atoms. The molecule has 2 rings (SSSR count). The number of aryl methyl sites for hydroxylation is 1. The van der Waals surface area contributed by atoms with Crippen LogP contribution in [0.2, 0.25) is 0 Å². The number of aromatic nitrogens is 2. The molecule has 0 aliphatic carbocycles. The highest BCUT2D eigenvalue weighted by Crippen LogP contribution is 2.20. The molecule has 0 saturated carbocycles. The molecule has 1 fully saturated rings. The fourth-order valence-corrected chi connectivity index (χ4v) is 2.63. The Kier molecular flexibility index (Phi) is 5.57. The second-order valence-corrected chi connectivity index (χ2v) is 6.17. The van der Waals surface area contributed by atoms with Crippen molar-refractivity contribution >= 4 is 0 Å². The number of nitrogens with one attached hydrogen (secondary N) is 1. The van der Waals surface area contributed by atoms with E-state index in [1.165, 1.54) is 6.42 Å². The van der Waals surface area contributed by atoms with Crippen LogP contribution in [-0.2, 0) is 18.3 Å². The largest absolute Gasteiger partial charge is 0.372 e. The quantitative estimate of drug-likeness (QED) is 0.820. The highest BCUT2D eigenvalue weighted by atomic mass is 16.5. The zero-order valence-corrected chi connectivity index (χ0v) is 13.2. The van der Waals surface area contributed by atoms with E-state index in [2.05, 4.69) is 40.7 Å². The first kappa shape index (κ1) is 15.5. The summed E-state index contributed by atoms with van der Waals surface area (Å²) in [6.45, 7) is 7.17. The van der Waals surface area contributed by atoms with Gasteiger partial charge in [-0.3, -0.25) is 4.90 Å². The summed E-state index contributed by atoms with van der Waals surface area (Å²) in [6.07, 6.45) is 6.91. The summed E-state index contributed by atoms with van der Waals surface area (Å²) >= 11 is 0. The molecular formula is C15H28N4O. The smallest absolute Gasteiger partial charge is 0.122 e. The molecule has 1 saturated heterocycles. The van der Waals surface area contributed by atoms with Crippen LogP contribution in [0.4, 0.5) is 0 Å². The van der Waals surface area contributed by atoms with Crippen LogP contribution in [0.5, 0.6) is 0 Å². The van der Waals surface area contributed by atoms with E-state index in [4.69, 9.17) is 4.74 Å². The number of ether oxygens (including phenoxy) is 1. The molecule has 1 N–H and O–H groups in total. The van der Waals surface area contributed by atoms with Gasteiger partial charge in [-0.1, -0.05) is 13.8 Å². The van der Waals surface area contributed by atoms with Crippen LogP contribution in [0.1, 0.15) is 32.5 Å². The summed E-state index contributed by atoms with van der Waals surface area (Å²) < 4.78 is 8.17. The van der Waals surface area contributed by atoms with Gasteiger partial charge in [0.1, 0.15) is 5.82 Å². The van der Waals surface area contributed by atoms with Gasteiger partial charge < -0.3 is 14.6 Å². The van der Waals surface area contributed by atoms with Crippen LogP contribution in [0, 0.1) is 0 Å². The van der Waals surface area contributed by atoms with E-state index in [0.29, 0.717) is 18.2 Å². The molecule has 2 unspecified atom stereocenters. The minimum Gasteiger partial charge on any atom is -0.372 e. The Morgan fingerprint density at radius 3 is 2.85 bits per heavy atom. The van der Waals surface area contributed by atoms with E-state index in [9.17, 15) is 0 Å². The molecule has 0 aromatic carbocycles. The number of nitrogens with zero attached hydrogens (tertiary/aromatic N) is 3. The molecule has 5 heteroatoms.